The highest BCUT2D eigenvalue weighted by Crippen LogP contribution is 2.33. The van der Waals surface area contributed by atoms with E-state index in [2.05, 4.69) is 10.6 Å². The summed E-state index contributed by atoms with van der Waals surface area (Å²) in [6, 6.07) is 4.45. The monoisotopic (exact) mass is 340 g/mol. The molecule has 0 spiro atoms. The van der Waals surface area contributed by atoms with Gasteiger partial charge in [-0.3, -0.25) is 9.59 Å². The summed E-state index contributed by atoms with van der Waals surface area (Å²) in [5.74, 6) is -0.102. The summed E-state index contributed by atoms with van der Waals surface area (Å²) >= 11 is 6.13. The van der Waals surface area contributed by atoms with Crippen LogP contribution in [-0.4, -0.2) is 24.0 Å². The van der Waals surface area contributed by atoms with Crippen LogP contribution in [0.5, 0.6) is 5.75 Å². The van der Waals surface area contributed by atoms with Gasteiger partial charge in [-0.05, 0) is 32.9 Å². The first-order valence-electron chi connectivity index (χ1n) is 7.59. The zero-order chi connectivity index (χ0) is 17.8. The zero-order valence-corrected chi connectivity index (χ0v) is 15.2. The Bertz CT molecular complexity index is 580. The number of amides is 2. The molecule has 0 aliphatic carbocycles. The van der Waals surface area contributed by atoms with Crippen molar-refractivity contribution in [2.75, 3.05) is 5.32 Å². The normalized spacial score (nSPS) is 12.7. The summed E-state index contributed by atoms with van der Waals surface area (Å²) in [5.41, 5.74) is -0.0793. The van der Waals surface area contributed by atoms with E-state index < -0.39 is 11.5 Å². The van der Waals surface area contributed by atoms with Crippen molar-refractivity contribution in [1.82, 2.24) is 5.32 Å². The molecule has 1 unspecified atom stereocenters. The average molecular weight is 341 g/mol. The minimum atomic E-state index is -0.674. The van der Waals surface area contributed by atoms with Crippen molar-refractivity contribution in [3.8, 4) is 5.75 Å². The molecule has 1 rings (SSSR count). The lowest BCUT2D eigenvalue weighted by atomic mass is 9.95. The molecule has 1 atom stereocenters. The number of nitrogens with one attached hydrogen (secondary N) is 2. The number of hydrogen-bond donors (Lipinski definition) is 2. The molecule has 23 heavy (non-hydrogen) atoms. The smallest absolute Gasteiger partial charge is 0.246 e. The number of hydrogen-bond acceptors (Lipinski definition) is 3. The first kappa shape index (κ1) is 19.3. The van der Waals surface area contributed by atoms with Gasteiger partial charge in [-0.25, -0.2) is 0 Å². The van der Waals surface area contributed by atoms with Crippen molar-refractivity contribution >= 4 is 29.1 Å². The van der Waals surface area contributed by atoms with Crippen LogP contribution in [0.25, 0.3) is 0 Å². The van der Waals surface area contributed by atoms with E-state index in [0.29, 0.717) is 16.5 Å². The van der Waals surface area contributed by atoms with Crippen LogP contribution in [0.4, 0.5) is 5.69 Å². The van der Waals surface area contributed by atoms with Gasteiger partial charge in [0.25, 0.3) is 0 Å². The van der Waals surface area contributed by atoms with E-state index in [1.807, 2.05) is 13.8 Å². The third-order valence-electron chi connectivity index (χ3n) is 3.00. The van der Waals surface area contributed by atoms with Crippen LogP contribution in [0.15, 0.2) is 18.2 Å². The Kier molecular flexibility index (Phi) is 6.45. The molecule has 1 aromatic carbocycles. The maximum absolute atomic E-state index is 12.3. The molecule has 2 amide bonds. The fourth-order valence-electron chi connectivity index (χ4n) is 1.68. The molecule has 0 bridgehead atoms. The number of carbonyl (C=O) groups is 2. The minimum Gasteiger partial charge on any atom is -0.487 e. The van der Waals surface area contributed by atoms with Crippen LogP contribution in [0.2, 0.25) is 5.02 Å². The van der Waals surface area contributed by atoms with E-state index >= 15 is 0 Å². The first-order valence-corrected chi connectivity index (χ1v) is 7.97. The summed E-state index contributed by atoms with van der Waals surface area (Å²) in [4.78, 5) is 24.3. The number of rotatable bonds is 5. The molecule has 0 aromatic heterocycles. The van der Waals surface area contributed by atoms with Gasteiger partial charge < -0.3 is 15.4 Å². The van der Waals surface area contributed by atoms with Crippen LogP contribution >= 0.6 is 11.6 Å². The number of benzene rings is 1. The number of halogens is 1. The van der Waals surface area contributed by atoms with Crippen molar-refractivity contribution in [2.24, 2.45) is 5.41 Å². The molecule has 0 aliphatic rings. The molecule has 0 saturated carbocycles. The highest BCUT2D eigenvalue weighted by Gasteiger charge is 2.25. The van der Waals surface area contributed by atoms with E-state index in [0.717, 1.165) is 0 Å². The Morgan fingerprint density at radius 2 is 1.78 bits per heavy atom. The topological polar surface area (TPSA) is 67.4 Å². The van der Waals surface area contributed by atoms with Gasteiger partial charge in [0, 0.05) is 5.41 Å². The average Bonchev–Trinajstić information content (AvgIpc) is 2.41. The lowest BCUT2D eigenvalue weighted by molar-refractivity contribution is -0.131. The van der Waals surface area contributed by atoms with Crippen LogP contribution in [0.1, 0.15) is 41.5 Å². The van der Waals surface area contributed by atoms with Gasteiger partial charge in [-0.2, -0.15) is 0 Å². The Morgan fingerprint density at radius 3 is 2.30 bits per heavy atom. The van der Waals surface area contributed by atoms with Gasteiger partial charge in [0.2, 0.25) is 11.8 Å². The van der Waals surface area contributed by atoms with Crippen molar-refractivity contribution < 1.29 is 14.3 Å². The third kappa shape index (κ3) is 5.75. The maximum Gasteiger partial charge on any atom is 0.246 e. The summed E-state index contributed by atoms with van der Waals surface area (Å²) in [7, 11) is 0. The van der Waals surface area contributed by atoms with Crippen molar-refractivity contribution in [3.63, 3.8) is 0 Å². The van der Waals surface area contributed by atoms with E-state index in [-0.39, 0.29) is 17.9 Å². The fraction of sp³-hybridized carbons (Fsp3) is 0.529. The molecular weight excluding hydrogens is 316 g/mol. The number of anilines is 1. The Hall–Kier alpha value is -1.75. The number of para-hydroxylation sites is 1. The van der Waals surface area contributed by atoms with Gasteiger partial charge in [-0.1, -0.05) is 38.4 Å². The minimum absolute atomic E-state index is 0.0800. The molecule has 0 radical (unpaired) electrons. The van der Waals surface area contributed by atoms with Crippen LogP contribution in [-0.2, 0) is 9.59 Å². The third-order valence-corrected chi connectivity index (χ3v) is 3.30. The predicted molar refractivity (Wildman–Crippen MR) is 92.9 cm³/mol. The molecule has 6 heteroatoms. The summed E-state index contributed by atoms with van der Waals surface area (Å²) in [6.07, 6.45) is -0.0800. The standard InChI is InChI=1S/C17H25ClN2O3/c1-10(2)23-14-12(18)8-7-9-13(14)20-15(21)11(3)19-16(22)17(4,5)6/h7-11H,1-6H3,(H,19,22)(H,20,21). The Labute approximate surface area is 142 Å². The molecule has 0 aliphatic heterocycles. The molecule has 0 saturated heterocycles. The molecule has 0 heterocycles. The summed E-state index contributed by atoms with van der Waals surface area (Å²) in [6.45, 7) is 10.8. The van der Waals surface area contributed by atoms with Crippen molar-refractivity contribution in [1.29, 1.82) is 0 Å². The quantitative estimate of drug-likeness (QED) is 0.860. The predicted octanol–water partition coefficient (Wildman–Crippen LogP) is 3.62. The fourth-order valence-corrected chi connectivity index (χ4v) is 1.90. The summed E-state index contributed by atoms with van der Waals surface area (Å²) in [5, 5.41) is 5.86. The van der Waals surface area contributed by atoms with E-state index in [9.17, 15) is 9.59 Å². The zero-order valence-electron chi connectivity index (χ0n) is 14.5. The highest BCUT2D eigenvalue weighted by atomic mass is 35.5. The van der Waals surface area contributed by atoms with Gasteiger partial charge in [0.1, 0.15) is 6.04 Å². The van der Waals surface area contributed by atoms with Gasteiger partial charge >= 0.3 is 0 Å². The Balaban J connectivity index is 2.85. The largest absolute Gasteiger partial charge is 0.487 e. The van der Waals surface area contributed by atoms with Crippen LogP contribution in [0, 0.1) is 5.41 Å². The van der Waals surface area contributed by atoms with Gasteiger partial charge in [0.05, 0.1) is 16.8 Å². The second kappa shape index (κ2) is 7.68. The first-order chi connectivity index (χ1) is 10.5. The molecule has 5 nitrogen and oxygen atoms in total. The van der Waals surface area contributed by atoms with Gasteiger partial charge in [0.15, 0.2) is 5.75 Å². The molecule has 128 valence electrons. The molecule has 1 aromatic rings. The number of carbonyl (C=O) groups excluding carboxylic acids is 2. The second-order valence-corrected chi connectivity index (χ2v) is 7.12. The lowest BCUT2D eigenvalue weighted by Crippen LogP contribution is -2.46. The number of ether oxygens (including phenoxy) is 1. The molecule has 2 N–H and O–H groups in total. The second-order valence-electron chi connectivity index (χ2n) is 6.72. The Morgan fingerprint density at radius 1 is 1.17 bits per heavy atom. The van der Waals surface area contributed by atoms with E-state index in [1.165, 1.54) is 0 Å². The van der Waals surface area contributed by atoms with E-state index in [4.69, 9.17) is 16.3 Å². The van der Waals surface area contributed by atoms with Gasteiger partial charge in [-0.15, -0.1) is 0 Å². The maximum atomic E-state index is 12.3. The SMILES string of the molecule is CC(C)Oc1c(Cl)cccc1NC(=O)C(C)NC(=O)C(C)(C)C. The molecule has 0 fully saturated rings. The van der Waals surface area contributed by atoms with Crippen molar-refractivity contribution in [2.45, 2.75) is 53.7 Å². The van der Waals surface area contributed by atoms with E-state index in [1.54, 1.807) is 45.9 Å². The summed E-state index contributed by atoms with van der Waals surface area (Å²) < 4.78 is 5.66. The van der Waals surface area contributed by atoms with Crippen LogP contribution < -0.4 is 15.4 Å². The highest BCUT2D eigenvalue weighted by molar-refractivity contribution is 6.32. The molecular formula is C17H25ClN2O3. The lowest BCUT2D eigenvalue weighted by Gasteiger charge is -2.22. The van der Waals surface area contributed by atoms with Crippen molar-refractivity contribution in [3.05, 3.63) is 23.2 Å². The van der Waals surface area contributed by atoms with Crippen LogP contribution in [0.3, 0.4) is 0 Å².